The lowest BCUT2D eigenvalue weighted by Gasteiger charge is -2.18. The molecule has 132 valence electrons. The molecule has 8 nitrogen and oxygen atoms in total. The molecule has 3 N–H and O–H groups in total. The number of hydrogen-bond acceptors (Lipinski definition) is 5. The second kappa shape index (κ2) is 6.79. The van der Waals surface area contributed by atoms with Gasteiger partial charge in [0.2, 0.25) is 5.91 Å². The van der Waals surface area contributed by atoms with Crippen LogP contribution in [0.25, 0.3) is 22.3 Å². The van der Waals surface area contributed by atoms with Crippen LogP contribution in [0.1, 0.15) is 30.6 Å². The van der Waals surface area contributed by atoms with Crippen LogP contribution < -0.4 is 5.32 Å². The lowest BCUT2D eigenvalue weighted by atomic mass is 10.2. The molecule has 8 heteroatoms. The van der Waals surface area contributed by atoms with Gasteiger partial charge in [-0.1, -0.05) is 6.92 Å². The lowest BCUT2D eigenvalue weighted by molar-refractivity contribution is -0.125. The van der Waals surface area contributed by atoms with E-state index >= 15 is 0 Å². The monoisotopic (exact) mass is 334 g/mol. The number of aromatic amines is 1. The summed E-state index contributed by atoms with van der Waals surface area (Å²) in [6, 6.07) is 1.19. The molecule has 0 aliphatic heterocycles. The van der Waals surface area contributed by atoms with Crippen molar-refractivity contribution in [3.05, 3.63) is 31.0 Å². The molecule has 0 spiro atoms. The van der Waals surface area contributed by atoms with Gasteiger partial charge in [-0.3, -0.25) is 9.48 Å². The van der Waals surface area contributed by atoms with Crippen molar-refractivity contribution in [3.8, 4) is 11.3 Å². The Hall–Kier alpha value is -2.74. The van der Waals surface area contributed by atoms with Crippen molar-refractivity contribution in [2.24, 2.45) is 0 Å². The standard InChI is InChI=1S/C16H20N6O2.3H2/c1-3-12(8-23)21-16(24)10(2)22-7-11(6-20-22)14-13-4-5-17-15(13)19-9-18-14;;;/h4-7,9-10,12,23H,3,8H2,1-2H3,(H,21,24)(H,17,18,19);3*1H. The Labute approximate surface area is 143 Å². The number of H-pyrrole nitrogens is 1. The third-order valence-electron chi connectivity index (χ3n) is 4.06. The normalized spacial score (nSPS) is 13.8. The molecule has 0 fully saturated rings. The summed E-state index contributed by atoms with van der Waals surface area (Å²) in [6.45, 7) is 3.60. The Bertz CT molecular complexity index is 849. The minimum absolute atomic E-state index is 0. The topological polar surface area (TPSA) is 109 Å². The fourth-order valence-electron chi connectivity index (χ4n) is 2.49. The van der Waals surface area contributed by atoms with E-state index in [0.29, 0.717) is 6.42 Å². The first-order valence-electron chi connectivity index (χ1n) is 7.87. The summed E-state index contributed by atoms with van der Waals surface area (Å²) in [7, 11) is 0. The van der Waals surface area contributed by atoms with E-state index in [-0.39, 0.29) is 22.8 Å². The molecule has 0 saturated heterocycles. The van der Waals surface area contributed by atoms with Crippen LogP contribution in [0.5, 0.6) is 0 Å². The van der Waals surface area contributed by atoms with Crippen LogP contribution >= 0.6 is 0 Å². The molecular weight excluding hydrogens is 308 g/mol. The number of nitrogens with zero attached hydrogens (tertiary/aromatic N) is 4. The Morgan fingerprint density at radius 2 is 2.33 bits per heavy atom. The fraction of sp³-hybridized carbons (Fsp3) is 0.375. The van der Waals surface area contributed by atoms with Crippen molar-refractivity contribution in [3.63, 3.8) is 0 Å². The molecule has 24 heavy (non-hydrogen) atoms. The quantitative estimate of drug-likeness (QED) is 0.639. The third kappa shape index (κ3) is 3.00. The van der Waals surface area contributed by atoms with Crippen LogP contribution in [0.3, 0.4) is 0 Å². The van der Waals surface area contributed by atoms with Crippen molar-refractivity contribution in [2.75, 3.05) is 6.61 Å². The van der Waals surface area contributed by atoms with Crippen LogP contribution in [-0.4, -0.2) is 48.4 Å². The molecule has 1 amide bonds. The second-order valence-electron chi connectivity index (χ2n) is 5.64. The summed E-state index contributed by atoms with van der Waals surface area (Å²) >= 11 is 0. The Morgan fingerprint density at radius 1 is 1.50 bits per heavy atom. The largest absolute Gasteiger partial charge is 0.394 e. The van der Waals surface area contributed by atoms with Gasteiger partial charge < -0.3 is 15.4 Å². The summed E-state index contributed by atoms with van der Waals surface area (Å²) in [5, 5.41) is 17.2. The third-order valence-corrected chi connectivity index (χ3v) is 4.06. The molecule has 0 radical (unpaired) electrons. The Balaban J connectivity index is 0.00000225. The Morgan fingerprint density at radius 3 is 3.08 bits per heavy atom. The molecule has 2 atom stereocenters. The summed E-state index contributed by atoms with van der Waals surface area (Å²) in [4.78, 5) is 23.8. The number of carbonyl (C=O) groups is 1. The van der Waals surface area contributed by atoms with Gasteiger partial charge in [0, 0.05) is 27.6 Å². The average molecular weight is 334 g/mol. The van der Waals surface area contributed by atoms with Gasteiger partial charge in [-0.15, -0.1) is 0 Å². The van der Waals surface area contributed by atoms with E-state index in [1.807, 2.05) is 19.2 Å². The van der Waals surface area contributed by atoms with Crippen LogP contribution in [0.2, 0.25) is 0 Å². The van der Waals surface area contributed by atoms with Crippen LogP contribution in [0, 0.1) is 0 Å². The number of carbonyl (C=O) groups excluding carboxylic acids is 1. The Kier molecular flexibility index (Phi) is 4.57. The van der Waals surface area contributed by atoms with Crippen molar-refractivity contribution < 1.29 is 14.2 Å². The number of aliphatic hydroxyl groups is 1. The average Bonchev–Trinajstić information content (AvgIpc) is 3.27. The van der Waals surface area contributed by atoms with Crippen LogP contribution in [-0.2, 0) is 4.79 Å². The zero-order chi connectivity index (χ0) is 17.1. The first-order chi connectivity index (χ1) is 11.6. The van der Waals surface area contributed by atoms with Crippen molar-refractivity contribution >= 4 is 16.9 Å². The van der Waals surface area contributed by atoms with E-state index in [9.17, 15) is 9.90 Å². The highest BCUT2D eigenvalue weighted by molar-refractivity contribution is 5.90. The molecule has 3 rings (SSSR count). The van der Waals surface area contributed by atoms with Crippen LogP contribution in [0.4, 0.5) is 0 Å². The molecule has 3 heterocycles. The number of rotatable bonds is 6. The fourth-order valence-corrected chi connectivity index (χ4v) is 2.49. The summed E-state index contributed by atoms with van der Waals surface area (Å²) in [5.74, 6) is -0.181. The zero-order valence-electron chi connectivity index (χ0n) is 13.6. The first-order valence-corrected chi connectivity index (χ1v) is 7.87. The maximum Gasteiger partial charge on any atom is 0.244 e. The maximum absolute atomic E-state index is 12.3. The molecule has 0 aromatic carbocycles. The summed E-state index contributed by atoms with van der Waals surface area (Å²) in [5.41, 5.74) is 2.34. The van der Waals surface area contributed by atoms with E-state index in [1.165, 1.54) is 6.33 Å². The highest BCUT2D eigenvalue weighted by atomic mass is 16.3. The molecule has 2 unspecified atom stereocenters. The molecule has 0 aliphatic rings. The van der Waals surface area contributed by atoms with E-state index in [2.05, 4.69) is 25.4 Å². The minimum Gasteiger partial charge on any atom is -0.394 e. The van der Waals surface area contributed by atoms with Gasteiger partial charge in [-0.2, -0.15) is 5.10 Å². The van der Waals surface area contributed by atoms with Gasteiger partial charge >= 0.3 is 0 Å². The summed E-state index contributed by atoms with van der Waals surface area (Å²) in [6.07, 6.45) is 7.45. The van der Waals surface area contributed by atoms with Crippen molar-refractivity contribution in [1.29, 1.82) is 0 Å². The number of nitrogens with one attached hydrogen (secondary N) is 2. The number of aromatic nitrogens is 5. The highest BCUT2D eigenvalue weighted by Crippen LogP contribution is 2.24. The maximum atomic E-state index is 12.3. The van der Waals surface area contributed by atoms with E-state index < -0.39 is 6.04 Å². The molecule has 3 aromatic heterocycles. The molecule has 0 saturated carbocycles. The van der Waals surface area contributed by atoms with Gasteiger partial charge in [-0.05, 0) is 19.4 Å². The van der Waals surface area contributed by atoms with Gasteiger partial charge in [-0.25, -0.2) is 9.97 Å². The lowest BCUT2D eigenvalue weighted by Crippen LogP contribution is -2.40. The predicted molar refractivity (Wildman–Crippen MR) is 95.5 cm³/mol. The second-order valence-corrected chi connectivity index (χ2v) is 5.64. The van der Waals surface area contributed by atoms with Gasteiger partial charge in [0.25, 0.3) is 0 Å². The number of fused-ring (bicyclic) bond motifs is 1. The van der Waals surface area contributed by atoms with Gasteiger partial charge in [0.15, 0.2) is 0 Å². The smallest absolute Gasteiger partial charge is 0.244 e. The van der Waals surface area contributed by atoms with Crippen LogP contribution in [0.15, 0.2) is 31.0 Å². The van der Waals surface area contributed by atoms with Crippen molar-refractivity contribution in [2.45, 2.75) is 32.4 Å². The predicted octanol–water partition coefficient (Wildman–Crippen LogP) is 2.01. The van der Waals surface area contributed by atoms with Gasteiger partial charge in [0.05, 0.1) is 24.5 Å². The SMILES string of the molecule is CCC(CO)NC(=O)C(C)n1cc(-c2ncnc3[nH]ccc23)cn1.[HH].[HH].[HH]. The molecule has 0 bridgehead atoms. The number of aliphatic hydroxyl groups excluding tert-OH is 1. The van der Waals surface area contributed by atoms with E-state index in [4.69, 9.17) is 0 Å². The number of amides is 1. The van der Waals surface area contributed by atoms with E-state index in [1.54, 1.807) is 24.0 Å². The zero-order valence-corrected chi connectivity index (χ0v) is 13.6. The minimum atomic E-state index is -0.483. The molecule has 3 aromatic rings. The van der Waals surface area contributed by atoms with Gasteiger partial charge in [0.1, 0.15) is 18.0 Å². The summed E-state index contributed by atoms with van der Waals surface area (Å²) < 4.78 is 1.59. The van der Waals surface area contributed by atoms with E-state index in [0.717, 1.165) is 22.3 Å². The number of hydrogen-bond donors (Lipinski definition) is 3. The molecule has 0 aliphatic carbocycles. The molecular formula is C16H26N6O2. The first kappa shape index (κ1) is 16.1. The highest BCUT2D eigenvalue weighted by Gasteiger charge is 2.19. The van der Waals surface area contributed by atoms with Crippen molar-refractivity contribution in [1.82, 2.24) is 30.0 Å².